The molecule has 0 radical (unpaired) electrons. The van der Waals surface area contributed by atoms with Gasteiger partial charge in [0.1, 0.15) is 0 Å². The SMILES string of the molecule is CCc1cccc(CC)c1NC(=O)CN1CCN2CCCC2C1. The van der Waals surface area contributed by atoms with Gasteiger partial charge in [-0.1, -0.05) is 32.0 Å². The molecule has 2 aliphatic heterocycles. The molecule has 1 N–H and O–H groups in total. The zero-order chi connectivity index (χ0) is 16.2. The van der Waals surface area contributed by atoms with Gasteiger partial charge in [0.05, 0.1) is 6.54 Å². The Balaban J connectivity index is 1.61. The van der Waals surface area contributed by atoms with Gasteiger partial charge in [0.25, 0.3) is 0 Å². The van der Waals surface area contributed by atoms with Gasteiger partial charge in [-0.15, -0.1) is 0 Å². The number of piperazine rings is 1. The molecule has 1 aromatic carbocycles. The van der Waals surface area contributed by atoms with Gasteiger partial charge < -0.3 is 5.32 Å². The van der Waals surface area contributed by atoms with E-state index in [4.69, 9.17) is 0 Å². The summed E-state index contributed by atoms with van der Waals surface area (Å²) in [5, 5.41) is 3.19. The van der Waals surface area contributed by atoms with Crippen LogP contribution < -0.4 is 5.32 Å². The fraction of sp³-hybridized carbons (Fsp3) is 0.632. The van der Waals surface area contributed by atoms with Gasteiger partial charge in [-0.05, 0) is 43.4 Å². The summed E-state index contributed by atoms with van der Waals surface area (Å²) in [5.74, 6) is 0.132. The maximum atomic E-state index is 12.5. The third-order valence-electron chi connectivity index (χ3n) is 5.30. The normalized spacial score (nSPS) is 22.1. The van der Waals surface area contributed by atoms with E-state index in [0.717, 1.165) is 38.2 Å². The second-order valence-electron chi connectivity index (χ2n) is 6.77. The lowest BCUT2D eigenvalue weighted by molar-refractivity contribution is -0.117. The van der Waals surface area contributed by atoms with E-state index in [2.05, 4.69) is 47.2 Å². The zero-order valence-corrected chi connectivity index (χ0v) is 14.5. The summed E-state index contributed by atoms with van der Waals surface area (Å²) in [7, 11) is 0. The first-order valence-corrected chi connectivity index (χ1v) is 9.08. The lowest BCUT2D eigenvalue weighted by atomic mass is 10.0. The number of nitrogens with zero attached hydrogens (tertiary/aromatic N) is 2. The van der Waals surface area contributed by atoms with Crippen LogP contribution in [0.2, 0.25) is 0 Å². The Morgan fingerprint density at radius 1 is 1.17 bits per heavy atom. The van der Waals surface area contributed by atoms with E-state index in [1.54, 1.807) is 0 Å². The first-order valence-electron chi connectivity index (χ1n) is 9.08. The number of benzene rings is 1. The predicted octanol–water partition coefficient (Wildman–Crippen LogP) is 2.53. The fourth-order valence-electron chi connectivity index (χ4n) is 3.98. The van der Waals surface area contributed by atoms with Crippen LogP contribution in [0.4, 0.5) is 5.69 Å². The average molecular weight is 315 g/mol. The van der Waals surface area contributed by atoms with Crippen molar-refractivity contribution in [1.29, 1.82) is 0 Å². The minimum absolute atomic E-state index is 0.132. The number of hydrogen-bond acceptors (Lipinski definition) is 3. The second kappa shape index (κ2) is 7.45. The minimum atomic E-state index is 0.132. The maximum Gasteiger partial charge on any atom is 0.238 e. The largest absolute Gasteiger partial charge is 0.324 e. The second-order valence-corrected chi connectivity index (χ2v) is 6.77. The van der Waals surface area contributed by atoms with Crippen molar-refractivity contribution in [3.63, 3.8) is 0 Å². The van der Waals surface area contributed by atoms with E-state index in [-0.39, 0.29) is 5.91 Å². The van der Waals surface area contributed by atoms with Crippen LogP contribution in [0.15, 0.2) is 18.2 Å². The molecule has 1 atom stereocenters. The zero-order valence-electron chi connectivity index (χ0n) is 14.5. The highest BCUT2D eigenvalue weighted by Crippen LogP contribution is 2.24. The Kier molecular flexibility index (Phi) is 5.34. The average Bonchev–Trinajstić information content (AvgIpc) is 3.02. The van der Waals surface area contributed by atoms with Gasteiger partial charge in [0.2, 0.25) is 5.91 Å². The summed E-state index contributed by atoms with van der Waals surface area (Å²) in [6.07, 6.45) is 4.50. The van der Waals surface area contributed by atoms with Crippen molar-refractivity contribution in [2.45, 2.75) is 45.6 Å². The van der Waals surface area contributed by atoms with E-state index in [0.29, 0.717) is 12.6 Å². The van der Waals surface area contributed by atoms with Gasteiger partial charge in [-0.3, -0.25) is 14.6 Å². The molecule has 1 aromatic rings. The van der Waals surface area contributed by atoms with Crippen LogP contribution in [-0.4, -0.2) is 54.5 Å². The van der Waals surface area contributed by atoms with Crippen molar-refractivity contribution in [2.75, 3.05) is 38.0 Å². The summed E-state index contributed by atoms with van der Waals surface area (Å²) >= 11 is 0. The number of anilines is 1. The molecule has 2 saturated heterocycles. The number of para-hydroxylation sites is 1. The Bertz CT molecular complexity index is 535. The quantitative estimate of drug-likeness (QED) is 0.907. The lowest BCUT2D eigenvalue weighted by Crippen LogP contribution is -2.51. The summed E-state index contributed by atoms with van der Waals surface area (Å²) in [6, 6.07) is 7.00. The molecule has 4 heteroatoms. The molecule has 0 aromatic heterocycles. The van der Waals surface area contributed by atoms with E-state index < -0.39 is 0 Å². The van der Waals surface area contributed by atoms with E-state index in [1.807, 2.05) is 0 Å². The van der Waals surface area contributed by atoms with Crippen molar-refractivity contribution in [3.05, 3.63) is 29.3 Å². The van der Waals surface area contributed by atoms with Crippen molar-refractivity contribution < 1.29 is 4.79 Å². The number of rotatable bonds is 5. The number of fused-ring (bicyclic) bond motifs is 1. The number of carbonyl (C=O) groups excluding carboxylic acids is 1. The molecule has 1 amide bonds. The van der Waals surface area contributed by atoms with Crippen molar-refractivity contribution in [2.24, 2.45) is 0 Å². The molecular formula is C19H29N3O. The monoisotopic (exact) mass is 315 g/mol. The van der Waals surface area contributed by atoms with E-state index in [1.165, 1.54) is 30.5 Å². The van der Waals surface area contributed by atoms with Crippen LogP contribution in [0.25, 0.3) is 0 Å². The molecule has 0 spiro atoms. The highest BCUT2D eigenvalue weighted by atomic mass is 16.2. The molecule has 2 aliphatic rings. The maximum absolute atomic E-state index is 12.5. The number of amides is 1. The number of carbonyl (C=O) groups is 1. The third-order valence-corrected chi connectivity index (χ3v) is 5.30. The standard InChI is InChI=1S/C19H29N3O/c1-3-15-7-5-8-16(4-2)19(15)20-18(23)14-21-11-12-22-10-6-9-17(22)13-21/h5,7-8,17H,3-4,6,9-14H2,1-2H3,(H,20,23). The summed E-state index contributed by atoms with van der Waals surface area (Å²) < 4.78 is 0. The van der Waals surface area contributed by atoms with E-state index in [9.17, 15) is 4.79 Å². The molecule has 0 bridgehead atoms. The highest BCUT2D eigenvalue weighted by Gasteiger charge is 2.31. The van der Waals surface area contributed by atoms with Crippen molar-refractivity contribution in [1.82, 2.24) is 9.80 Å². The Morgan fingerprint density at radius 3 is 2.61 bits per heavy atom. The fourth-order valence-corrected chi connectivity index (χ4v) is 3.98. The van der Waals surface area contributed by atoms with Gasteiger partial charge in [-0.2, -0.15) is 0 Å². The number of hydrogen-bond donors (Lipinski definition) is 1. The van der Waals surface area contributed by atoms with Crippen molar-refractivity contribution >= 4 is 11.6 Å². The summed E-state index contributed by atoms with van der Waals surface area (Å²) in [6.45, 7) is 9.22. The predicted molar refractivity (Wildman–Crippen MR) is 94.9 cm³/mol. The molecule has 23 heavy (non-hydrogen) atoms. The van der Waals surface area contributed by atoms with Crippen LogP contribution in [0, 0.1) is 0 Å². The molecule has 1 unspecified atom stereocenters. The topological polar surface area (TPSA) is 35.6 Å². The number of nitrogens with one attached hydrogen (secondary N) is 1. The van der Waals surface area contributed by atoms with Gasteiger partial charge >= 0.3 is 0 Å². The van der Waals surface area contributed by atoms with Crippen LogP contribution in [0.5, 0.6) is 0 Å². The minimum Gasteiger partial charge on any atom is -0.324 e. The molecule has 3 rings (SSSR count). The van der Waals surface area contributed by atoms with Gasteiger partial charge in [-0.25, -0.2) is 0 Å². The molecule has 2 fully saturated rings. The lowest BCUT2D eigenvalue weighted by Gasteiger charge is -2.37. The summed E-state index contributed by atoms with van der Waals surface area (Å²) in [5.41, 5.74) is 3.51. The molecule has 0 saturated carbocycles. The van der Waals surface area contributed by atoms with Crippen LogP contribution in [0.1, 0.15) is 37.8 Å². The molecule has 0 aliphatic carbocycles. The Hall–Kier alpha value is -1.39. The van der Waals surface area contributed by atoms with Crippen molar-refractivity contribution in [3.8, 4) is 0 Å². The van der Waals surface area contributed by atoms with Gasteiger partial charge in [0, 0.05) is 31.4 Å². The molecular weight excluding hydrogens is 286 g/mol. The summed E-state index contributed by atoms with van der Waals surface area (Å²) in [4.78, 5) is 17.4. The third kappa shape index (κ3) is 3.75. The van der Waals surface area contributed by atoms with E-state index >= 15 is 0 Å². The first kappa shape index (κ1) is 16.5. The Morgan fingerprint density at radius 2 is 1.91 bits per heavy atom. The first-order chi connectivity index (χ1) is 11.2. The smallest absolute Gasteiger partial charge is 0.238 e. The van der Waals surface area contributed by atoms with Crippen LogP contribution in [0.3, 0.4) is 0 Å². The highest BCUT2D eigenvalue weighted by molar-refractivity contribution is 5.93. The van der Waals surface area contributed by atoms with Gasteiger partial charge in [0.15, 0.2) is 0 Å². The van der Waals surface area contributed by atoms with Crippen LogP contribution in [-0.2, 0) is 17.6 Å². The Labute approximate surface area is 139 Å². The van der Waals surface area contributed by atoms with Crippen LogP contribution >= 0.6 is 0 Å². The molecule has 2 heterocycles. The molecule has 126 valence electrons. The number of aryl methyl sites for hydroxylation is 2. The molecule has 4 nitrogen and oxygen atoms in total.